The fourth-order valence-electron chi connectivity index (χ4n) is 2.17. The number of rotatable bonds is 3. The maximum absolute atomic E-state index is 5.54. The Hall–Kier alpha value is -0.410. The Morgan fingerprint density at radius 2 is 2.14 bits per heavy atom. The van der Waals surface area contributed by atoms with Gasteiger partial charge in [0.15, 0.2) is 0 Å². The van der Waals surface area contributed by atoms with Crippen LogP contribution in [0.25, 0.3) is 0 Å². The van der Waals surface area contributed by atoms with Crippen LogP contribution in [0.5, 0.6) is 0 Å². The molecule has 0 radical (unpaired) electrons. The van der Waals surface area contributed by atoms with E-state index >= 15 is 0 Å². The molecule has 0 bridgehead atoms. The van der Waals surface area contributed by atoms with Gasteiger partial charge in [-0.1, -0.05) is 32.1 Å². The van der Waals surface area contributed by atoms with Gasteiger partial charge in [-0.15, -0.1) is 11.3 Å². The highest BCUT2D eigenvalue weighted by Crippen LogP contribution is 2.27. The van der Waals surface area contributed by atoms with Gasteiger partial charge in [-0.2, -0.15) is 0 Å². The molecule has 1 heterocycles. The van der Waals surface area contributed by atoms with Crippen molar-refractivity contribution >= 4 is 11.3 Å². The highest BCUT2D eigenvalue weighted by molar-refractivity contribution is 7.09. The summed E-state index contributed by atoms with van der Waals surface area (Å²) in [6.45, 7) is 0.584. The van der Waals surface area contributed by atoms with Crippen molar-refractivity contribution in [1.82, 2.24) is 4.98 Å². The molecule has 2 nitrogen and oxygen atoms in total. The van der Waals surface area contributed by atoms with Gasteiger partial charge in [-0.25, -0.2) is 4.98 Å². The van der Waals surface area contributed by atoms with Crippen molar-refractivity contribution in [3.8, 4) is 0 Å². The molecule has 0 amide bonds. The van der Waals surface area contributed by atoms with Crippen LogP contribution in [-0.2, 0) is 13.0 Å². The fourth-order valence-corrected chi connectivity index (χ4v) is 3.10. The minimum absolute atomic E-state index is 0.584. The van der Waals surface area contributed by atoms with Crippen LogP contribution in [0, 0.1) is 5.92 Å². The summed E-state index contributed by atoms with van der Waals surface area (Å²) < 4.78 is 0. The lowest BCUT2D eigenvalue weighted by molar-refractivity contribution is 0.356. The number of nitrogens with two attached hydrogens (primary N) is 1. The third kappa shape index (κ3) is 2.55. The first-order valence-corrected chi connectivity index (χ1v) is 6.40. The summed E-state index contributed by atoms with van der Waals surface area (Å²) in [5, 5.41) is 3.38. The van der Waals surface area contributed by atoms with Gasteiger partial charge < -0.3 is 5.73 Å². The molecule has 78 valence electrons. The monoisotopic (exact) mass is 210 g/mol. The van der Waals surface area contributed by atoms with E-state index in [0.717, 1.165) is 11.6 Å². The maximum Gasteiger partial charge on any atom is 0.0931 e. The van der Waals surface area contributed by atoms with Crippen molar-refractivity contribution in [1.29, 1.82) is 0 Å². The first-order chi connectivity index (χ1) is 6.88. The molecule has 3 heteroatoms. The van der Waals surface area contributed by atoms with E-state index < -0.39 is 0 Å². The highest BCUT2D eigenvalue weighted by Gasteiger charge is 2.15. The molecule has 1 aliphatic rings. The second kappa shape index (κ2) is 4.89. The molecule has 2 N–H and O–H groups in total. The van der Waals surface area contributed by atoms with Crippen LogP contribution in [0.15, 0.2) is 5.38 Å². The van der Waals surface area contributed by atoms with Crippen molar-refractivity contribution in [2.45, 2.75) is 45.1 Å². The Morgan fingerprint density at radius 3 is 2.79 bits per heavy atom. The summed E-state index contributed by atoms with van der Waals surface area (Å²) in [6.07, 6.45) is 8.25. The molecule has 0 aromatic carbocycles. The summed E-state index contributed by atoms with van der Waals surface area (Å²) >= 11 is 1.78. The topological polar surface area (TPSA) is 38.9 Å². The Kier molecular flexibility index (Phi) is 3.54. The van der Waals surface area contributed by atoms with Gasteiger partial charge in [0.25, 0.3) is 0 Å². The number of hydrogen-bond donors (Lipinski definition) is 1. The third-order valence-corrected chi connectivity index (χ3v) is 3.92. The molecule has 0 spiro atoms. The lowest BCUT2D eigenvalue weighted by Crippen LogP contribution is -2.09. The lowest BCUT2D eigenvalue weighted by Gasteiger charge is -2.20. The molecule has 0 aliphatic heterocycles. The number of aromatic nitrogens is 1. The van der Waals surface area contributed by atoms with E-state index in [9.17, 15) is 0 Å². The standard InChI is InChI=1S/C11H18N2S/c12-7-10-8-14-11(13-10)6-9-4-2-1-3-5-9/h8-9H,1-7,12H2. The van der Waals surface area contributed by atoms with Gasteiger partial charge in [0.1, 0.15) is 0 Å². The van der Waals surface area contributed by atoms with Crippen LogP contribution < -0.4 is 5.73 Å². The number of nitrogens with zero attached hydrogens (tertiary/aromatic N) is 1. The fraction of sp³-hybridized carbons (Fsp3) is 0.727. The van der Waals surface area contributed by atoms with Crippen LogP contribution >= 0.6 is 11.3 Å². The third-order valence-electron chi connectivity index (χ3n) is 3.00. The van der Waals surface area contributed by atoms with Crippen molar-refractivity contribution in [2.75, 3.05) is 0 Å². The first-order valence-electron chi connectivity index (χ1n) is 5.52. The van der Waals surface area contributed by atoms with Gasteiger partial charge in [0, 0.05) is 18.3 Å². The summed E-state index contributed by atoms with van der Waals surface area (Å²) in [6, 6.07) is 0. The molecule has 1 fully saturated rings. The van der Waals surface area contributed by atoms with Gasteiger partial charge >= 0.3 is 0 Å². The summed E-state index contributed by atoms with van der Waals surface area (Å²) in [7, 11) is 0. The minimum Gasteiger partial charge on any atom is -0.325 e. The Labute approximate surface area is 89.5 Å². The highest BCUT2D eigenvalue weighted by atomic mass is 32.1. The zero-order valence-electron chi connectivity index (χ0n) is 8.54. The predicted octanol–water partition coefficient (Wildman–Crippen LogP) is 2.72. The van der Waals surface area contributed by atoms with E-state index in [1.165, 1.54) is 43.5 Å². The molecular weight excluding hydrogens is 192 g/mol. The largest absolute Gasteiger partial charge is 0.325 e. The molecular formula is C11H18N2S. The van der Waals surface area contributed by atoms with Crippen molar-refractivity contribution in [3.63, 3.8) is 0 Å². The van der Waals surface area contributed by atoms with E-state index in [1.807, 2.05) is 0 Å². The normalized spacial score (nSPS) is 18.6. The summed E-state index contributed by atoms with van der Waals surface area (Å²) in [4.78, 5) is 4.52. The zero-order valence-corrected chi connectivity index (χ0v) is 9.35. The quantitative estimate of drug-likeness (QED) is 0.833. The van der Waals surface area contributed by atoms with Gasteiger partial charge in [0.05, 0.1) is 10.7 Å². The number of hydrogen-bond acceptors (Lipinski definition) is 3. The SMILES string of the molecule is NCc1csc(CC2CCCCC2)n1. The molecule has 0 unspecified atom stereocenters. The zero-order chi connectivity index (χ0) is 9.80. The Morgan fingerprint density at radius 1 is 1.36 bits per heavy atom. The van der Waals surface area contributed by atoms with Crippen LogP contribution in [-0.4, -0.2) is 4.98 Å². The van der Waals surface area contributed by atoms with Crippen LogP contribution in [0.1, 0.15) is 42.8 Å². The van der Waals surface area contributed by atoms with Gasteiger partial charge in [-0.3, -0.25) is 0 Å². The number of thiazole rings is 1. The molecule has 14 heavy (non-hydrogen) atoms. The van der Waals surface area contributed by atoms with Crippen molar-refractivity contribution in [2.24, 2.45) is 11.7 Å². The van der Waals surface area contributed by atoms with Gasteiger partial charge in [0.2, 0.25) is 0 Å². The van der Waals surface area contributed by atoms with E-state index in [4.69, 9.17) is 5.73 Å². The minimum atomic E-state index is 0.584. The van der Waals surface area contributed by atoms with Crippen LogP contribution in [0.2, 0.25) is 0 Å². The summed E-state index contributed by atoms with van der Waals surface area (Å²) in [5.41, 5.74) is 6.60. The van der Waals surface area contributed by atoms with Crippen molar-refractivity contribution in [3.05, 3.63) is 16.1 Å². The average Bonchev–Trinajstić information content (AvgIpc) is 2.67. The Bertz CT molecular complexity index is 277. The molecule has 0 saturated heterocycles. The van der Waals surface area contributed by atoms with E-state index in [-0.39, 0.29) is 0 Å². The predicted molar refractivity (Wildman–Crippen MR) is 60.3 cm³/mol. The molecule has 2 rings (SSSR count). The molecule has 1 aromatic rings. The molecule has 0 atom stereocenters. The van der Waals surface area contributed by atoms with Gasteiger partial charge in [-0.05, 0) is 5.92 Å². The first kappa shape index (κ1) is 10.1. The summed E-state index contributed by atoms with van der Waals surface area (Å²) in [5.74, 6) is 0.889. The second-order valence-electron chi connectivity index (χ2n) is 4.14. The van der Waals surface area contributed by atoms with E-state index in [0.29, 0.717) is 6.54 Å². The maximum atomic E-state index is 5.54. The molecule has 1 saturated carbocycles. The van der Waals surface area contributed by atoms with Crippen LogP contribution in [0.4, 0.5) is 0 Å². The molecule has 1 aliphatic carbocycles. The van der Waals surface area contributed by atoms with Crippen LogP contribution in [0.3, 0.4) is 0 Å². The van der Waals surface area contributed by atoms with E-state index in [1.54, 1.807) is 11.3 Å². The smallest absolute Gasteiger partial charge is 0.0931 e. The molecule has 1 aromatic heterocycles. The lowest BCUT2D eigenvalue weighted by atomic mass is 9.87. The van der Waals surface area contributed by atoms with Crippen molar-refractivity contribution < 1.29 is 0 Å². The van der Waals surface area contributed by atoms with E-state index in [2.05, 4.69) is 10.4 Å². The Balaban J connectivity index is 1.89. The average molecular weight is 210 g/mol. The second-order valence-corrected chi connectivity index (χ2v) is 5.09.